The summed E-state index contributed by atoms with van der Waals surface area (Å²) >= 11 is 0. The number of hydrogen-bond acceptors (Lipinski definition) is 3. The molecule has 1 aromatic rings. The van der Waals surface area contributed by atoms with Crippen LogP contribution in [0.25, 0.3) is 0 Å². The predicted molar refractivity (Wildman–Crippen MR) is 60.2 cm³/mol. The van der Waals surface area contributed by atoms with Crippen LogP contribution in [0.15, 0.2) is 24.3 Å². The van der Waals surface area contributed by atoms with Crippen molar-refractivity contribution < 1.29 is 4.74 Å². The zero-order valence-electron chi connectivity index (χ0n) is 8.94. The molecule has 80 valence electrons. The summed E-state index contributed by atoms with van der Waals surface area (Å²) in [7, 11) is 0. The van der Waals surface area contributed by atoms with E-state index >= 15 is 0 Å². The molecular formula is C12H16N2O. The number of benzene rings is 1. The van der Waals surface area contributed by atoms with Gasteiger partial charge in [0.2, 0.25) is 0 Å². The highest BCUT2D eigenvalue weighted by molar-refractivity contribution is 5.46. The molecular weight excluding hydrogens is 188 g/mol. The number of rotatable bonds is 5. The van der Waals surface area contributed by atoms with Gasteiger partial charge in [0.05, 0.1) is 12.7 Å². The number of nitriles is 1. The molecule has 1 aromatic carbocycles. The second-order valence-corrected chi connectivity index (χ2v) is 3.35. The molecule has 3 nitrogen and oxygen atoms in total. The van der Waals surface area contributed by atoms with Crippen molar-refractivity contribution in [1.29, 1.82) is 5.26 Å². The van der Waals surface area contributed by atoms with Gasteiger partial charge in [-0.1, -0.05) is 25.1 Å². The zero-order valence-corrected chi connectivity index (χ0v) is 8.94. The first-order chi connectivity index (χ1) is 7.27. The number of nitrogen functional groups attached to an aromatic ring is 1. The summed E-state index contributed by atoms with van der Waals surface area (Å²) in [6.45, 7) is 2.48. The summed E-state index contributed by atoms with van der Waals surface area (Å²) < 4.78 is 5.38. The van der Waals surface area contributed by atoms with E-state index in [9.17, 15) is 0 Å². The summed E-state index contributed by atoms with van der Waals surface area (Å²) in [5.74, 6) is 0. The van der Waals surface area contributed by atoms with Gasteiger partial charge in [-0.2, -0.15) is 5.26 Å². The molecule has 0 spiro atoms. The van der Waals surface area contributed by atoms with Crippen molar-refractivity contribution in [2.45, 2.75) is 25.9 Å². The van der Waals surface area contributed by atoms with Gasteiger partial charge in [0, 0.05) is 5.69 Å². The number of anilines is 1. The van der Waals surface area contributed by atoms with Crippen molar-refractivity contribution in [2.24, 2.45) is 0 Å². The van der Waals surface area contributed by atoms with Crippen molar-refractivity contribution in [1.82, 2.24) is 0 Å². The standard InChI is InChI=1S/C12H16N2O/c1-2-11(9-13)15-8-7-10-5-3-4-6-12(10)14/h3-6,11H,2,7-8,14H2,1H3. The van der Waals surface area contributed by atoms with Crippen LogP contribution in [-0.2, 0) is 11.2 Å². The van der Waals surface area contributed by atoms with E-state index < -0.39 is 0 Å². The minimum Gasteiger partial charge on any atom is -0.399 e. The van der Waals surface area contributed by atoms with E-state index in [0.717, 1.165) is 24.1 Å². The maximum absolute atomic E-state index is 8.68. The van der Waals surface area contributed by atoms with Crippen molar-refractivity contribution in [3.63, 3.8) is 0 Å². The topological polar surface area (TPSA) is 59.0 Å². The Morgan fingerprint density at radius 3 is 2.80 bits per heavy atom. The average molecular weight is 204 g/mol. The van der Waals surface area contributed by atoms with Gasteiger partial charge in [-0.05, 0) is 24.5 Å². The zero-order chi connectivity index (χ0) is 11.1. The summed E-state index contributed by atoms with van der Waals surface area (Å²) in [6, 6.07) is 9.81. The van der Waals surface area contributed by atoms with E-state index in [0.29, 0.717) is 6.61 Å². The van der Waals surface area contributed by atoms with Crippen LogP contribution in [0.2, 0.25) is 0 Å². The number of nitrogens with two attached hydrogens (primary N) is 1. The Morgan fingerprint density at radius 2 is 2.20 bits per heavy atom. The first-order valence-corrected chi connectivity index (χ1v) is 5.12. The third-order valence-electron chi connectivity index (χ3n) is 2.26. The van der Waals surface area contributed by atoms with Crippen molar-refractivity contribution in [2.75, 3.05) is 12.3 Å². The lowest BCUT2D eigenvalue weighted by molar-refractivity contribution is 0.0902. The Bertz CT molecular complexity index is 344. The van der Waals surface area contributed by atoms with Crippen LogP contribution in [0.4, 0.5) is 5.69 Å². The predicted octanol–water partition coefficient (Wildman–Crippen LogP) is 2.13. The highest BCUT2D eigenvalue weighted by Crippen LogP contribution is 2.11. The van der Waals surface area contributed by atoms with Gasteiger partial charge in [0.15, 0.2) is 0 Å². The van der Waals surface area contributed by atoms with Gasteiger partial charge >= 0.3 is 0 Å². The van der Waals surface area contributed by atoms with Crippen molar-refractivity contribution >= 4 is 5.69 Å². The van der Waals surface area contributed by atoms with Crippen molar-refractivity contribution in [3.8, 4) is 6.07 Å². The number of ether oxygens (including phenoxy) is 1. The molecule has 2 N–H and O–H groups in total. The molecule has 0 saturated carbocycles. The molecule has 1 rings (SSSR count). The van der Waals surface area contributed by atoms with Gasteiger partial charge in [-0.3, -0.25) is 0 Å². The summed E-state index contributed by atoms with van der Waals surface area (Å²) in [4.78, 5) is 0. The molecule has 1 unspecified atom stereocenters. The summed E-state index contributed by atoms with van der Waals surface area (Å²) in [5.41, 5.74) is 7.64. The van der Waals surface area contributed by atoms with Crippen LogP contribution in [0.5, 0.6) is 0 Å². The quantitative estimate of drug-likeness (QED) is 0.747. The van der Waals surface area contributed by atoms with Gasteiger partial charge in [-0.25, -0.2) is 0 Å². The fourth-order valence-electron chi connectivity index (χ4n) is 1.32. The Balaban J connectivity index is 2.39. The molecule has 0 fully saturated rings. The number of para-hydroxylation sites is 1. The summed E-state index contributed by atoms with van der Waals surface area (Å²) in [6.07, 6.45) is 1.18. The molecule has 0 heterocycles. The van der Waals surface area contributed by atoms with Gasteiger partial charge in [0.1, 0.15) is 6.10 Å². The molecule has 15 heavy (non-hydrogen) atoms. The molecule has 0 saturated heterocycles. The molecule has 1 atom stereocenters. The van der Waals surface area contributed by atoms with Crippen LogP contribution in [-0.4, -0.2) is 12.7 Å². The third kappa shape index (κ3) is 3.61. The Morgan fingerprint density at radius 1 is 1.47 bits per heavy atom. The first-order valence-electron chi connectivity index (χ1n) is 5.12. The Kier molecular flexibility index (Phi) is 4.65. The highest BCUT2D eigenvalue weighted by Gasteiger charge is 2.04. The van der Waals surface area contributed by atoms with E-state index in [1.165, 1.54) is 0 Å². The maximum Gasteiger partial charge on any atom is 0.143 e. The fourth-order valence-corrected chi connectivity index (χ4v) is 1.32. The Hall–Kier alpha value is -1.53. The number of hydrogen-bond donors (Lipinski definition) is 1. The lowest BCUT2D eigenvalue weighted by Gasteiger charge is -2.09. The average Bonchev–Trinajstić information content (AvgIpc) is 2.27. The van der Waals surface area contributed by atoms with E-state index in [1.54, 1.807) is 0 Å². The van der Waals surface area contributed by atoms with Crippen LogP contribution in [0.1, 0.15) is 18.9 Å². The fraction of sp³-hybridized carbons (Fsp3) is 0.417. The largest absolute Gasteiger partial charge is 0.399 e. The van der Waals surface area contributed by atoms with Crippen LogP contribution < -0.4 is 5.73 Å². The van der Waals surface area contributed by atoms with Crippen molar-refractivity contribution in [3.05, 3.63) is 29.8 Å². The molecule has 0 aliphatic rings. The molecule has 3 heteroatoms. The second-order valence-electron chi connectivity index (χ2n) is 3.35. The van der Waals surface area contributed by atoms with Gasteiger partial charge < -0.3 is 10.5 Å². The van der Waals surface area contributed by atoms with Gasteiger partial charge in [0.25, 0.3) is 0 Å². The smallest absolute Gasteiger partial charge is 0.143 e. The lowest BCUT2D eigenvalue weighted by atomic mass is 10.1. The summed E-state index contributed by atoms with van der Waals surface area (Å²) in [5, 5.41) is 8.68. The maximum atomic E-state index is 8.68. The molecule has 0 aliphatic heterocycles. The first kappa shape index (κ1) is 11.5. The van der Waals surface area contributed by atoms with E-state index in [-0.39, 0.29) is 6.10 Å². The van der Waals surface area contributed by atoms with Crippen LogP contribution in [0, 0.1) is 11.3 Å². The Labute approximate surface area is 90.5 Å². The van der Waals surface area contributed by atoms with E-state index in [1.807, 2.05) is 31.2 Å². The van der Waals surface area contributed by atoms with E-state index in [4.69, 9.17) is 15.7 Å². The minimum atomic E-state index is -0.296. The van der Waals surface area contributed by atoms with Gasteiger partial charge in [-0.15, -0.1) is 0 Å². The molecule has 0 aromatic heterocycles. The second kappa shape index (κ2) is 6.05. The normalized spacial score (nSPS) is 12.0. The van der Waals surface area contributed by atoms with Crippen LogP contribution >= 0.6 is 0 Å². The highest BCUT2D eigenvalue weighted by atomic mass is 16.5. The van der Waals surface area contributed by atoms with Crippen LogP contribution in [0.3, 0.4) is 0 Å². The third-order valence-corrected chi connectivity index (χ3v) is 2.26. The number of nitrogens with zero attached hydrogens (tertiary/aromatic N) is 1. The molecule has 0 radical (unpaired) electrons. The molecule has 0 bridgehead atoms. The monoisotopic (exact) mass is 204 g/mol. The minimum absolute atomic E-state index is 0.296. The molecule has 0 aliphatic carbocycles. The SMILES string of the molecule is CCC(C#N)OCCc1ccccc1N. The van der Waals surface area contributed by atoms with E-state index in [2.05, 4.69) is 6.07 Å². The lowest BCUT2D eigenvalue weighted by Crippen LogP contribution is -2.11. The molecule has 0 amide bonds.